The molecule has 1 rings (SSSR count). The van der Waals surface area contributed by atoms with Crippen molar-refractivity contribution in [2.45, 2.75) is 32.2 Å². The molecule has 5 heteroatoms. The Labute approximate surface area is 93.8 Å². The van der Waals surface area contributed by atoms with E-state index in [2.05, 4.69) is 5.32 Å². The molecular weight excluding hydrogens is 214 g/mol. The lowest BCUT2D eigenvalue weighted by molar-refractivity contribution is -0.138. The van der Waals surface area contributed by atoms with Crippen molar-refractivity contribution in [3.8, 4) is 0 Å². The number of nitrogens with one attached hydrogen (secondary N) is 1. The number of rotatable bonds is 5. The van der Waals surface area contributed by atoms with Gasteiger partial charge < -0.3 is 10.4 Å². The first-order valence-electron chi connectivity index (χ1n) is 5.17. The van der Waals surface area contributed by atoms with Crippen molar-refractivity contribution in [2.75, 3.05) is 11.5 Å². The molecule has 1 saturated heterocycles. The number of hydrogen-bond acceptors (Lipinski definition) is 3. The molecule has 1 fully saturated rings. The lowest BCUT2D eigenvalue weighted by Crippen LogP contribution is -2.35. The Kier molecular flexibility index (Phi) is 4.94. The number of hydrogen-bond donors (Lipinski definition) is 2. The Balaban J connectivity index is 2.19. The molecular formula is C10H17NO3S. The molecule has 86 valence electrons. The molecule has 0 spiro atoms. The lowest BCUT2D eigenvalue weighted by atomic mass is 10.0. The van der Waals surface area contributed by atoms with Gasteiger partial charge in [-0.1, -0.05) is 6.92 Å². The van der Waals surface area contributed by atoms with Crippen molar-refractivity contribution in [3.05, 3.63) is 0 Å². The van der Waals surface area contributed by atoms with Gasteiger partial charge in [-0.3, -0.25) is 9.59 Å². The summed E-state index contributed by atoms with van der Waals surface area (Å²) in [6.45, 7) is 1.79. The van der Waals surface area contributed by atoms with Gasteiger partial charge in [-0.25, -0.2) is 0 Å². The molecule has 1 aliphatic rings. The maximum Gasteiger partial charge on any atom is 0.303 e. The van der Waals surface area contributed by atoms with E-state index in [-0.39, 0.29) is 18.2 Å². The molecule has 1 aliphatic heterocycles. The van der Waals surface area contributed by atoms with Crippen LogP contribution in [-0.2, 0) is 9.59 Å². The maximum atomic E-state index is 11.5. The summed E-state index contributed by atoms with van der Waals surface area (Å²) in [5.41, 5.74) is 0. The van der Waals surface area contributed by atoms with Crippen LogP contribution in [0, 0.1) is 5.92 Å². The third-order valence-electron chi connectivity index (χ3n) is 2.35. The number of carbonyl (C=O) groups excluding carboxylic acids is 1. The molecule has 2 unspecified atom stereocenters. The summed E-state index contributed by atoms with van der Waals surface area (Å²) in [4.78, 5) is 21.9. The van der Waals surface area contributed by atoms with Crippen LogP contribution in [0.4, 0.5) is 0 Å². The largest absolute Gasteiger partial charge is 0.481 e. The fourth-order valence-corrected chi connectivity index (χ4v) is 2.77. The molecule has 0 aromatic heterocycles. The highest BCUT2D eigenvalue weighted by atomic mass is 32.2. The molecule has 15 heavy (non-hydrogen) atoms. The zero-order chi connectivity index (χ0) is 11.3. The van der Waals surface area contributed by atoms with Crippen LogP contribution in [0.1, 0.15) is 26.2 Å². The van der Waals surface area contributed by atoms with E-state index in [9.17, 15) is 9.59 Å². The van der Waals surface area contributed by atoms with Crippen LogP contribution in [0.3, 0.4) is 0 Å². The van der Waals surface area contributed by atoms with Gasteiger partial charge in [0.2, 0.25) is 5.91 Å². The van der Waals surface area contributed by atoms with E-state index in [0.717, 1.165) is 17.9 Å². The molecule has 2 atom stereocenters. The summed E-state index contributed by atoms with van der Waals surface area (Å²) < 4.78 is 0. The van der Waals surface area contributed by atoms with Gasteiger partial charge in [0.25, 0.3) is 0 Å². The Bertz CT molecular complexity index is 239. The molecule has 0 saturated carbocycles. The molecule has 4 nitrogen and oxygen atoms in total. The van der Waals surface area contributed by atoms with E-state index in [1.165, 1.54) is 0 Å². The van der Waals surface area contributed by atoms with E-state index in [0.29, 0.717) is 12.5 Å². The minimum Gasteiger partial charge on any atom is -0.481 e. The number of carboxylic acid groups (broad SMARTS) is 1. The third-order valence-corrected chi connectivity index (χ3v) is 3.51. The minimum absolute atomic E-state index is 0.0174. The van der Waals surface area contributed by atoms with E-state index < -0.39 is 5.97 Å². The smallest absolute Gasteiger partial charge is 0.303 e. The predicted molar refractivity (Wildman–Crippen MR) is 59.9 cm³/mol. The normalized spacial score (nSPS) is 22.3. The fraction of sp³-hybridized carbons (Fsp3) is 0.800. The summed E-state index contributed by atoms with van der Waals surface area (Å²) in [6.07, 6.45) is 1.41. The van der Waals surface area contributed by atoms with Crippen LogP contribution in [0.5, 0.6) is 0 Å². The summed E-state index contributed by atoms with van der Waals surface area (Å²) in [6, 6.07) is 0.291. The van der Waals surface area contributed by atoms with Crippen LogP contribution < -0.4 is 5.32 Å². The topological polar surface area (TPSA) is 66.4 Å². The van der Waals surface area contributed by atoms with Crippen molar-refractivity contribution in [3.63, 3.8) is 0 Å². The standard InChI is InChI=1S/C10H17NO3S/c1-7(5-10(13)14)4-9(12)11-8-2-3-15-6-8/h7-8H,2-6H2,1H3,(H,11,12)(H,13,14). The second-order valence-corrected chi connectivity index (χ2v) is 5.19. The summed E-state index contributed by atoms with van der Waals surface area (Å²) in [7, 11) is 0. The monoisotopic (exact) mass is 231 g/mol. The van der Waals surface area contributed by atoms with Crippen LogP contribution >= 0.6 is 11.8 Å². The molecule has 1 heterocycles. The zero-order valence-corrected chi connectivity index (χ0v) is 9.68. The Morgan fingerprint density at radius 2 is 2.27 bits per heavy atom. The zero-order valence-electron chi connectivity index (χ0n) is 8.86. The van der Waals surface area contributed by atoms with Crippen molar-refractivity contribution in [1.29, 1.82) is 0 Å². The van der Waals surface area contributed by atoms with Gasteiger partial charge in [-0.15, -0.1) is 0 Å². The quantitative estimate of drug-likeness (QED) is 0.744. The first-order chi connectivity index (χ1) is 7.08. The number of thioether (sulfide) groups is 1. The fourth-order valence-electron chi connectivity index (χ4n) is 1.62. The third kappa shape index (κ3) is 5.06. The average Bonchev–Trinajstić information content (AvgIpc) is 2.53. The number of amides is 1. The number of carbonyl (C=O) groups is 2. The molecule has 0 bridgehead atoms. The van der Waals surface area contributed by atoms with Crippen molar-refractivity contribution in [1.82, 2.24) is 5.32 Å². The van der Waals surface area contributed by atoms with Crippen LogP contribution in [0.2, 0.25) is 0 Å². The van der Waals surface area contributed by atoms with E-state index in [4.69, 9.17) is 5.11 Å². The van der Waals surface area contributed by atoms with Crippen LogP contribution in [-0.4, -0.2) is 34.5 Å². The molecule has 1 amide bonds. The Hall–Kier alpha value is -0.710. The predicted octanol–water partition coefficient (Wildman–Crippen LogP) is 1.11. The second-order valence-electron chi connectivity index (χ2n) is 4.04. The molecule has 0 aromatic rings. The maximum absolute atomic E-state index is 11.5. The van der Waals surface area contributed by atoms with Gasteiger partial charge in [0, 0.05) is 24.6 Å². The van der Waals surface area contributed by atoms with Crippen molar-refractivity contribution < 1.29 is 14.7 Å². The summed E-state index contributed by atoms with van der Waals surface area (Å²) in [5, 5.41) is 11.5. The Morgan fingerprint density at radius 1 is 1.53 bits per heavy atom. The van der Waals surface area contributed by atoms with Gasteiger partial charge >= 0.3 is 5.97 Å². The molecule has 0 aliphatic carbocycles. The average molecular weight is 231 g/mol. The number of aliphatic carboxylic acids is 1. The lowest BCUT2D eigenvalue weighted by Gasteiger charge is -2.13. The Morgan fingerprint density at radius 3 is 2.80 bits per heavy atom. The number of carboxylic acids is 1. The molecule has 2 N–H and O–H groups in total. The highest BCUT2D eigenvalue weighted by molar-refractivity contribution is 7.99. The second kappa shape index (κ2) is 6.00. The van der Waals surface area contributed by atoms with Crippen molar-refractivity contribution >= 4 is 23.6 Å². The summed E-state index contributed by atoms with van der Waals surface area (Å²) >= 11 is 1.84. The van der Waals surface area contributed by atoms with Crippen LogP contribution in [0.15, 0.2) is 0 Å². The van der Waals surface area contributed by atoms with Gasteiger partial charge in [0.05, 0.1) is 0 Å². The van der Waals surface area contributed by atoms with Crippen LogP contribution in [0.25, 0.3) is 0 Å². The van der Waals surface area contributed by atoms with Gasteiger partial charge in [-0.2, -0.15) is 11.8 Å². The SMILES string of the molecule is CC(CC(=O)O)CC(=O)NC1CCSC1. The van der Waals surface area contributed by atoms with Crippen molar-refractivity contribution in [2.24, 2.45) is 5.92 Å². The van der Waals surface area contributed by atoms with E-state index in [1.54, 1.807) is 6.92 Å². The van der Waals surface area contributed by atoms with E-state index in [1.807, 2.05) is 11.8 Å². The first kappa shape index (κ1) is 12.4. The van der Waals surface area contributed by atoms with Gasteiger partial charge in [0.15, 0.2) is 0 Å². The van der Waals surface area contributed by atoms with E-state index >= 15 is 0 Å². The minimum atomic E-state index is -0.841. The van der Waals surface area contributed by atoms with Gasteiger partial charge in [0.1, 0.15) is 0 Å². The highest BCUT2D eigenvalue weighted by Gasteiger charge is 2.19. The molecule has 0 radical (unpaired) electrons. The first-order valence-corrected chi connectivity index (χ1v) is 6.32. The molecule has 0 aromatic carbocycles. The summed E-state index contributed by atoms with van der Waals surface area (Å²) in [5.74, 6) is 1.15. The highest BCUT2D eigenvalue weighted by Crippen LogP contribution is 2.17. The van der Waals surface area contributed by atoms with Gasteiger partial charge in [-0.05, 0) is 18.1 Å².